The number of nitrogens with one attached hydrogen (secondary N) is 1. The lowest BCUT2D eigenvalue weighted by atomic mass is 10.1. The van der Waals surface area contributed by atoms with Gasteiger partial charge in [-0.2, -0.15) is 5.10 Å². The van der Waals surface area contributed by atoms with Gasteiger partial charge < -0.3 is 20.5 Å². The summed E-state index contributed by atoms with van der Waals surface area (Å²) in [6.07, 6.45) is 4.58. The second kappa shape index (κ2) is 7.94. The lowest BCUT2D eigenvalue weighted by molar-refractivity contribution is -0.118. The summed E-state index contributed by atoms with van der Waals surface area (Å²) in [7, 11) is 3.26. The van der Waals surface area contributed by atoms with Crippen LogP contribution in [-0.4, -0.2) is 34.9 Å². The van der Waals surface area contributed by atoms with Gasteiger partial charge in [-0.15, -0.1) is 0 Å². The molecule has 0 aliphatic carbocycles. The van der Waals surface area contributed by atoms with Crippen LogP contribution in [-0.2, 0) is 11.3 Å². The Kier molecular flexibility index (Phi) is 5.44. The van der Waals surface area contributed by atoms with E-state index in [1.165, 1.54) is 0 Å². The number of methoxy groups -OCH3 is 2. The molecule has 27 heavy (non-hydrogen) atoms. The van der Waals surface area contributed by atoms with Crippen LogP contribution < -0.4 is 20.5 Å². The molecule has 1 aromatic carbocycles. The molecular formula is C19H23N5O3. The number of fused-ring (bicyclic) bond motifs is 1. The number of amides is 1. The maximum absolute atomic E-state index is 10.8. The van der Waals surface area contributed by atoms with E-state index in [4.69, 9.17) is 20.2 Å². The quantitative estimate of drug-likeness (QED) is 0.633. The molecule has 0 fully saturated rings. The van der Waals surface area contributed by atoms with E-state index in [2.05, 4.69) is 10.4 Å². The van der Waals surface area contributed by atoms with Crippen molar-refractivity contribution in [2.45, 2.75) is 26.3 Å². The Hall–Kier alpha value is -3.29. The van der Waals surface area contributed by atoms with Crippen LogP contribution >= 0.6 is 0 Å². The second-order valence-electron chi connectivity index (χ2n) is 6.21. The summed E-state index contributed by atoms with van der Waals surface area (Å²) in [5.41, 5.74) is 7.72. The van der Waals surface area contributed by atoms with Crippen molar-refractivity contribution in [1.82, 2.24) is 14.8 Å². The van der Waals surface area contributed by atoms with Gasteiger partial charge in [0, 0.05) is 24.5 Å². The second-order valence-corrected chi connectivity index (χ2v) is 6.21. The third-order valence-corrected chi connectivity index (χ3v) is 4.24. The number of rotatable bonds is 8. The Morgan fingerprint density at radius 2 is 2.00 bits per heavy atom. The van der Waals surface area contributed by atoms with E-state index < -0.39 is 0 Å². The van der Waals surface area contributed by atoms with Crippen molar-refractivity contribution in [3.63, 3.8) is 0 Å². The number of aryl methyl sites for hydroxylation is 2. The molecule has 1 amide bonds. The number of primary amides is 1. The zero-order valence-electron chi connectivity index (χ0n) is 15.7. The Morgan fingerprint density at radius 1 is 1.26 bits per heavy atom. The third kappa shape index (κ3) is 4.11. The zero-order chi connectivity index (χ0) is 19.4. The molecule has 3 N–H and O–H groups in total. The maximum Gasteiger partial charge on any atom is 0.217 e. The minimum atomic E-state index is -0.305. The van der Waals surface area contributed by atoms with Gasteiger partial charge in [0.15, 0.2) is 0 Å². The first-order valence-electron chi connectivity index (χ1n) is 8.62. The number of aromatic nitrogens is 3. The van der Waals surface area contributed by atoms with Gasteiger partial charge in [-0.3, -0.25) is 9.48 Å². The van der Waals surface area contributed by atoms with Crippen LogP contribution in [0.4, 0.5) is 11.5 Å². The molecule has 3 aromatic rings. The summed E-state index contributed by atoms with van der Waals surface area (Å²) >= 11 is 0. The van der Waals surface area contributed by atoms with Gasteiger partial charge in [0.2, 0.25) is 5.91 Å². The minimum absolute atomic E-state index is 0.305. The Balaban J connectivity index is 1.85. The average molecular weight is 369 g/mol. The van der Waals surface area contributed by atoms with Gasteiger partial charge in [-0.1, -0.05) is 0 Å². The van der Waals surface area contributed by atoms with Crippen molar-refractivity contribution in [3.8, 4) is 11.5 Å². The lowest BCUT2D eigenvalue weighted by Crippen LogP contribution is -2.11. The number of anilines is 2. The van der Waals surface area contributed by atoms with E-state index >= 15 is 0 Å². The zero-order valence-corrected chi connectivity index (χ0v) is 15.7. The summed E-state index contributed by atoms with van der Waals surface area (Å²) in [4.78, 5) is 15.5. The van der Waals surface area contributed by atoms with Crippen molar-refractivity contribution in [3.05, 3.63) is 36.2 Å². The number of pyridine rings is 1. The van der Waals surface area contributed by atoms with Gasteiger partial charge in [0.1, 0.15) is 22.8 Å². The van der Waals surface area contributed by atoms with E-state index in [0.717, 1.165) is 27.9 Å². The summed E-state index contributed by atoms with van der Waals surface area (Å²) in [5.74, 6) is 1.81. The van der Waals surface area contributed by atoms with Crippen LogP contribution in [0.15, 0.2) is 30.6 Å². The van der Waals surface area contributed by atoms with E-state index in [-0.39, 0.29) is 5.91 Å². The molecule has 0 saturated carbocycles. The van der Waals surface area contributed by atoms with Gasteiger partial charge >= 0.3 is 0 Å². The number of nitrogens with two attached hydrogens (primary N) is 1. The number of hydrogen-bond acceptors (Lipinski definition) is 6. The molecule has 2 aromatic heterocycles. The molecule has 0 saturated heterocycles. The standard InChI is InChI=1S/C19H23N5O3/c1-12-9-17(22-13-10-21-24(11-13)8-4-5-16(20)25)23-19-15(27-3)7-6-14(26-2)18(12)19/h6-7,9-11H,4-5,8H2,1-3H3,(H2,20,25)(H,22,23). The number of ether oxygens (including phenoxy) is 2. The van der Waals surface area contributed by atoms with Gasteiger partial charge in [0.05, 0.1) is 26.1 Å². The van der Waals surface area contributed by atoms with Crippen molar-refractivity contribution < 1.29 is 14.3 Å². The fraction of sp³-hybridized carbons (Fsp3) is 0.316. The molecule has 142 valence electrons. The van der Waals surface area contributed by atoms with Crippen molar-refractivity contribution in [2.75, 3.05) is 19.5 Å². The number of hydrogen-bond donors (Lipinski definition) is 2. The fourth-order valence-electron chi connectivity index (χ4n) is 2.99. The topological polar surface area (TPSA) is 104 Å². The van der Waals surface area contributed by atoms with E-state index in [9.17, 15) is 4.79 Å². The number of carbonyl (C=O) groups excluding carboxylic acids is 1. The molecule has 8 nitrogen and oxygen atoms in total. The van der Waals surface area contributed by atoms with Crippen LogP contribution in [0.3, 0.4) is 0 Å². The molecule has 3 rings (SSSR count). The van der Waals surface area contributed by atoms with E-state index in [1.807, 2.05) is 31.3 Å². The predicted octanol–water partition coefficient (Wildman–Crippen LogP) is 2.77. The molecule has 0 aliphatic heterocycles. The van der Waals surface area contributed by atoms with E-state index in [0.29, 0.717) is 31.0 Å². The first-order chi connectivity index (χ1) is 13.0. The highest BCUT2D eigenvalue weighted by Crippen LogP contribution is 2.35. The molecule has 8 heteroatoms. The third-order valence-electron chi connectivity index (χ3n) is 4.24. The number of benzene rings is 1. The average Bonchev–Trinajstić information content (AvgIpc) is 3.07. The summed E-state index contributed by atoms with van der Waals surface area (Å²) in [6, 6.07) is 5.67. The summed E-state index contributed by atoms with van der Waals surface area (Å²) in [6.45, 7) is 2.63. The van der Waals surface area contributed by atoms with Crippen molar-refractivity contribution >= 4 is 28.3 Å². The Morgan fingerprint density at radius 3 is 2.70 bits per heavy atom. The molecule has 0 aliphatic rings. The molecular weight excluding hydrogens is 346 g/mol. The minimum Gasteiger partial charge on any atom is -0.496 e. The van der Waals surface area contributed by atoms with Crippen LogP contribution in [0.2, 0.25) is 0 Å². The monoisotopic (exact) mass is 369 g/mol. The van der Waals surface area contributed by atoms with Crippen molar-refractivity contribution in [1.29, 1.82) is 0 Å². The predicted molar refractivity (Wildman–Crippen MR) is 104 cm³/mol. The highest BCUT2D eigenvalue weighted by Gasteiger charge is 2.13. The van der Waals surface area contributed by atoms with Crippen LogP contribution in [0.25, 0.3) is 10.9 Å². The smallest absolute Gasteiger partial charge is 0.217 e. The van der Waals surface area contributed by atoms with Crippen LogP contribution in [0.1, 0.15) is 18.4 Å². The molecule has 0 spiro atoms. The first kappa shape index (κ1) is 18.5. The molecule has 0 radical (unpaired) electrons. The SMILES string of the molecule is COc1ccc(OC)c2c(C)cc(Nc3cnn(CCCC(N)=O)c3)nc12. The van der Waals surface area contributed by atoms with Gasteiger partial charge in [0.25, 0.3) is 0 Å². The van der Waals surface area contributed by atoms with Crippen LogP contribution in [0, 0.1) is 6.92 Å². The summed E-state index contributed by atoms with van der Waals surface area (Å²) < 4.78 is 12.7. The van der Waals surface area contributed by atoms with Crippen LogP contribution in [0.5, 0.6) is 11.5 Å². The Bertz CT molecular complexity index is 967. The first-order valence-corrected chi connectivity index (χ1v) is 8.62. The number of carbonyl (C=O) groups is 1. The van der Waals surface area contributed by atoms with Gasteiger partial charge in [-0.05, 0) is 37.1 Å². The fourth-order valence-corrected chi connectivity index (χ4v) is 2.99. The van der Waals surface area contributed by atoms with E-state index in [1.54, 1.807) is 25.1 Å². The molecule has 0 atom stereocenters. The van der Waals surface area contributed by atoms with Crippen molar-refractivity contribution in [2.24, 2.45) is 5.73 Å². The molecule has 2 heterocycles. The Labute approximate surface area is 157 Å². The lowest BCUT2D eigenvalue weighted by Gasteiger charge is -2.13. The maximum atomic E-state index is 10.8. The molecule has 0 bridgehead atoms. The summed E-state index contributed by atoms with van der Waals surface area (Å²) in [5, 5.41) is 8.47. The van der Waals surface area contributed by atoms with Gasteiger partial charge in [-0.25, -0.2) is 4.98 Å². The number of nitrogens with zero attached hydrogens (tertiary/aromatic N) is 3. The largest absolute Gasteiger partial charge is 0.496 e. The highest BCUT2D eigenvalue weighted by atomic mass is 16.5. The molecule has 0 unspecified atom stereocenters. The highest BCUT2D eigenvalue weighted by molar-refractivity contribution is 5.94. The normalized spacial score (nSPS) is 10.8.